The van der Waals surface area contributed by atoms with Crippen molar-refractivity contribution in [2.24, 2.45) is 10.7 Å². The number of aromatic amines is 1. The lowest BCUT2D eigenvalue weighted by molar-refractivity contribution is 0.273. The van der Waals surface area contributed by atoms with Gasteiger partial charge < -0.3 is 15.5 Å². The van der Waals surface area contributed by atoms with E-state index in [4.69, 9.17) is 10.5 Å². The number of alkyl halides is 1. The highest BCUT2D eigenvalue weighted by Gasteiger charge is 2.05. The molecule has 0 fully saturated rings. The summed E-state index contributed by atoms with van der Waals surface area (Å²) in [6.07, 6.45) is 2.94. The molecular formula is C16H15FN4O. The van der Waals surface area contributed by atoms with Gasteiger partial charge in [-0.05, 0) is 30.3 Å². The van der Waals surface area contributed by atoms with Crippen LogP contribution in [0, 0.1) is 0 Å². The Morgan fingerprint density at radius 1 is 1.27 bits per heavy atom. The van der Waals surface area contributed by atoms with E-state index in [9.17, 15) is 4.39 Å². The van der Waals surface area contributed by atoms with Gasteiger partial charge in [0.2, 0.25) is 0 Å². The third-order valence-electron chi connectivity index (χ3n) is 3.21. The van der Waals surface area contributed by atoms with E-state index in [1.807, 2.05) is 30.3 Å². The second-order valence-electron chi connectivity index (χ2n) is 4.65. The fourth-order valence-electron chi connectivity index (χ4n) is 2.21. The Balaban J connectivity index is 1.90. The second-order valence-corrected chi connectivity index (χ2v) is 4.65. The van der Waals surface area contributed by atoms with Crippen molar-refractivity contribution in [1.29, 1.82) is 0 Å². The number of pyridine rings is 1. The molecule has 0 radical (unpaired) electrons. The van der Waals surface area contributed by atoms with Crippen molar-refractivity contribution in [1.82, 2.24) is 9.97 Å². The van der Waals surface area contributed by atoms with Gasteiger partial charge in [0, 0.05) is 34.4 Å². The molecule has 0 aliphatic carbocycles. The second kappa shape index (κ2) is 6.26. The first-order valence-electron chi connectivity index (χ1n) is 6.82. The van der Waals surface area contributed by atoms with Crippen molar-refractivity contribution in [2.45, 2.75) is 0 Å². The maximum absolute atomic E-state index is 12.1. The molecule has 0 unspecified atom stereocenters. The van der Waals surface area contributed by atoms with E-state index in [0.717, 1.165) is 22.2 Å². The molecule has 0 bridgehead atoms. The van der Waals surface area contributed by atoms with Crippen LogP contribution in [0.4, 0.5) is 10.2 Å². The smallest absolute Gasteiger partial charge is 0.153 e. The van der Waals surface area contributed by atoms with Crippen LogP contribution in [0.3, 0.4) is 0 Å². The molecule has 0 atom stereocenters. The predicted octanol–water partition coefficient (Wildman–Crippen LogP) is 3.20. The molecule has 0 aliphatic rings. The van der Waals surface area contributed by atoms with E-state index >= 15 is 0 Å². The molecule has 6 heteroatoms. The number of aliphatic imine (C=N–C) groups is 1. The highest BCUT2D eigenvalue weighted by atomic mass is 19.1. The van der Waals surface area contributed by atoms with Gasteiger partial charge in [0.15, 0.2) is 5.82 Å². The van der Waals surface area contributed by atoms with Crippen molar-refractivity contribution < 1.29 is 9.13 Å². The maximum atomic E-state index is 12.1. The van der Waals surface area contributed by atoms with Crippen molar-refractivity contribution in [2.75, 3.05) is 13.3 Å². The lowest BCUT2D eigenvalue weighted by Gasteiger charge is -2.02. The Morgan fingerprint density at radius 2 is 2.18 bits per heavy atom. The number of H-pyrrole nitrogens is 1. The van der Waals surface area contributed by atoms with Gasteiger partial charge in [0.1, 0.15) is 19.0 Å². The van der Waals surface area contributed by atoms with Crippen LogP contribution in [0.1, 0.15) is 0 Å². The Bertz CT molecular complexity index is 796. The number of nitrogens with zero attached hydrogens (tertiary/aromatic N) is 2. The number of hydrogen-bond acceptors (Lipinski definition) is 3. The minimum absolute atomic E-state index is 0.0616. The number of hydrogen-bond donors (Lipinski definition) is 2. The van der Waals surface area contributed by atoms with E-state index in [1.54, 1.807) is 12.3 Å². The Hall–Kier alpha value is -2.89. The van der Waals surface area contributed by atoms with Crippen LogP contribution in [0.25, 0.3) is 22.2 Å². The predicted molar refractivity (Wildman–Crippen MR) is 85.3 cm³/mol. The van der Waals surface area contributed by atoms with Crippen molar-refractivity contribution >= 4 is 23.1 Å². The maximum Gasteiger partial charge on any atom is 0.153 e. The summed E-state index contributed by atoms with van der Waals surface area (Å²) >= 11 is 0. The van der Waals surface area contributed by atoms with E-state index in [0.29, 0.717) is 11.6 Å². The summed E-state index contributed by atoms with van der Waals surface area (Å²) in [6.45, 7) is -0.441. The first kappa shape index (κ1) is 14.1. The number of rotatable bonds is 5. The highest BCUT2D eigenvalue weighted by Crippen LogP contribution is 2.27. The monoisotopic (exact) mass is 298 g/mol. The molecule has 5 nitrogen and oxygen atoms in total. The SMILES string of the molecule is NC=Nc1ccc(-c2cc3ccc(OCCF)cc3[nH]2)cn1. The molecule has 112 valence electrons. The van der Waals surface area contributed by atoms with Gasteiger partial charge in [0.05, 0.1) is 6.34 Å². The fourth-order valence-corrected chi connectivity index (χ4v) is 2.21. The third-order valence-corrected chi connectivity index (χ3v) is 3.21. The fraction of sp³-hybridized carbons (Fsp3) is 0.125. The van der Waals surface area contributed by atoms with Gasteiger partial charge in [0.25, 0.3) is 0 Å². The molecule has 3 aromatic rings. The molecule has 2 heterocycles. The Labute approximate surface area is 126 Å². The number of fused-ring (bicyclic) bond motifs is 1. The molecule has 0 saturated heterocycles. The summed E-state index contributed by atoms with van der Waals surface area (Å²) in [6, 6.07) is 11.4. The summed E-state index contributed by atoms with van der Waals surface area (Å²) < 4.78 is 17.4. The molecule has 1 aromatic carbocycles. The number of nitrogens with two attached hydrogens (primary N) is 1. The first-order chi connectivity index (χ1) is 10.8. The average molecular weight is 298 g/mol. The minimum atomic E-state index is -0.503. The first-order valence-corrected chi connectivity index (χ1v) is 6.82. The zero-order valence-electron chi connectivity index (χ0n) is 11.8. The van der Waals surface area contributed by atoms with Gasteiger partial charge in [-0.1, -0.05) is 0 Å². The van der Waals surface area contributed by atoms with Crippen molar-refractivity contribution in [3.8, 4) is 17.0 Å². The van der Waals surface area contributed by atoms with Crippen LogP contribution in [0.15, 0.2) is 47.6 Å². The van der Waals surface area contributed by atoms with Crippen LogP contribution in [0.2, 0.25) is 0 Å². The Morgan fingerprint density at radius 3 is 2.91 bits per heavy atom. The summed E-state index contributed by atoms with van der Waals surface area (Å²) in [5.41, 5.74) is 8.04. The van der Waals surface area contributed by atoms with E-state index in [2.05, 4.69) is 15.0 Å². The van der Waals surface area contributed by atoms with Gasteiger partial charge in [-0.2, -0.15) is 0 Å². The lowest BCUT2D eigenvalue weighted by atomic mass is 10.2. The molecule has 0 amide bonds. The summed E-state index contributed by atoms with van der Waals surface area (Å²) in [5.74, 6) is 1.20. The van der Waals surface area contributed by atoms with Crippen LogP contribution in [-0.4, -0.2) is 29.6 Å². The molecule has 2 aromatic heterocycles. The quantitative estimate of drug-likeness (QED) is 0.561. The third kappa shape index (κ3) is 2.90. The molecular weight excluding hydrogens is 283 g/mol. The van der Waals surface area contributed by atoms with Gasteiger partial charge >= 0.3 is 0 Å². The summed E-state index contributed by atoms with van der Waals surface area (Å²) in [4.78, 5) is 11.4. The van der Waals surface area contributed by atoms with Gasteiger partial charge in [-0.25, -0.2) is 14.4 Å². The topological polar surface area (TPSA) is 76.3 Å². The van der Waals surface area contributed by atoms with Crippen molar-refractivity contribution in [3.63, 3.8) is 0 Å². The number of nitrogens with one attached hydrogen (secondary N) is 1. The van der Waals surface area contributed by atoms with Crippen LogP contribution >= 0.6 is 0 Å². The normalized spacial score (nSPS) is 11.3. The zero-order valence-corrected chi connectivity index (χ0v) is 11.8. The average Bonchev–Trinajstić information content (AvgIpc) is 2.97. The zero-order chi connectivity index (χ0) is 15.4. The Kier molecular flexibility index (Phi) is 4.00. The number of aromatic nitrogens is 2. The van der Waals surface area contributed by atoms with E-state index in [1.165, 1.54) is 6.34 Å². The molecule has 0 saturated carbocycles. The minimum Gasteiger partial charge on any atom is -0.491 e. The van der Waals surface area contributed by atoms with Crippen LogP contribution < -0.4 is 10.5 Å². The summed E-state index contributed by atoms with van der Waals surface area (Å²) in [5, 5.41) is 1.05. The van der Waals surface area contributed by atoms with Gasteiger partial charge in [-0.15, -0.1) is 0 Å². The number of benzene rings is 1. The molecule has 3 N–H and O–H groups in total. The number of ether oxygens (including phenoxy) is 1. The van der Waals surface area contributed by atoms with E-state index < -0.39 is 6.67 Å². The standard InChI is InChI=1S/C16H15FN4O/c17-5-6-22-13-3-1-11-7-14(21-15(11)8-13)12-2-4-16(19-9-12)20-10-18/h1-4,7-10,21H,5-6H2,(H2,18,19,20). The van der Waals surface area contributed by atoms with E-state index in [-0.39, 0.29) is 6.61 Å². The van der Waals surface area contributed by atoms with Crippen LogP contribution in [0.5, 0.6) is 5.75 Å². The molecule has 0 aliphatic heterocycles. The highest BCUT2D eigenvalue weighted by molar-refractivity contribution is 5.86. The molecule has 22 heavy (non-hydrogen) atoms. The van der Waals surface area contributed by atoms with Crippen molar-refractivity contribution in [3.05, 3.63) is 42.6 Å². The number of halogens is 1. The lowest BCUT2D eigenvalue weighted by Crippen LogP contribution is -1.98. The molecule has 3 rings (SSSR count). The largest absolute Gasteiger partial charge is 0.491 e. The van der Waals surface area contributed by atoms with Crippen LogP contribution in [-0.2, 0) is 0 Å². The van der Waals surface area contributed by atoms with Gasteiger partial charge in [-0.3, -0.25) is 0 Å². The molecule has 0 spiro atoms. The summed E-state index contributed by atoms with van der Waals surface area (Å²) in [7, 11) is 0.